The first kappa shape index (κ1) is 18.4. The number of piperazine rings is 1. The Bertz CT molecular complexity index is 820. The van der Waals surface area contributed by atoms with E-state index in [0.717, 1.165) is 35.8 Å². The topological polar surface area (TPSA) is 54.0 Å². The number of nitrogens with zero attached hydrogens (tertiary/aromatic N) is 2. The number of benzene rings is 2. The molecule has 1 N–H and O–H groups in total. The predicted molar refractivity (Wildman–Crippen MR) is 105 cm³/mol. The minimum atomic E-state index is -0.247. The standard InChI is InChI=1S/C21H24FN3O3/c22-17-3-1-16(2-4-17)7-8-23-21(26)25-11-9-24(10-12-25)18-5-6-19-20(15-18)28-14-13-27-19/h1-6,15H,7-14H2,(H,23,26). The number of hydrogen-bond donors (Lipinski definition) is 1. The number of carbonyl (C=O) groups is 1. The maximum Gasteiger partial charge on any atom is 0.317 e. The fourth-order valence-electron chi connectivity index (χ4n) is 3.47. The molecule has 0 atom stereocenters. The normalized spacial score (nSPS) is 16.0. The predicted octanol–water partition coefficient (Wildman–Crippen LogP) is 2.67. The van der Waals surface area contributed by atoms with Crippen LogP contribution in [0.2, 0.25) is 0 Å². The summed E-state index contributed by atoms with van der Waals surface area (Å²) < 4.78 is 24.1. The van der Waals surface area contributed by atoms with Gasteiger partial charge in [-0.05, 0) is 36.2 Å². The van der Waals surface area contributed by atoms with E-state index in [9.17, 15) is 9.18 Å². The van der Waals surface area contributed by atoms with Gasteiger partial charge in [-0.2, -0.15) is 0 Å². The molecular weight excluding hydrogens is 361 g/mol. The van der Waals surface area contributed by atoms with Crippen LogP contribution in [0.3, 0.4) is 0 Å². The molecule has 0 unspecified atom stereocenters. The number of anilines is 1. The molecule has 0 saturated carbocycles. The van der Waals surface area contributed by atoms with Crippen LogP contribution in [0.1, 0.15) is 5.56 Å². The van der Waals surface area contributed by atoms with Crippen molar-refractivity contribution in [1.82, 2.24) is 10.2 Å². The summed E-state index contributed by atoms with van der Waals surface area (Å²) in [5.41, 5.74) is 2.09. The number of hydrogen-bond acceptors (Lipinski definition) is 4. The van der Waals surface area contributed by atoms with Gasteiger partial charge in [0.1, 0.15) is 19.0 Å². The zero-order chi connectivity index (χ0) is 19.3. The Balaban J connectivity index is 1.24. The van der Waals surface area contributed by atoms with Gasteiger partial charge in [0.2, 0.25) is 0 Å². The molecule has 148 valence electrons. The van der Waals surface area contributed by atoms with Crippen molar-refractivity contribution in [3.8, 4) is 11.5 Å². The van der Waals surface area contributed by atoms with Crippen LogP contribution in [0.15, 0.2) is 42.5 Å². The third kappa shape index (κ3) is 4.30. The summed E-state index contributed by atoms with van der Waals surface area (Å²) in [4.78, 5) is 16.5. The molecule has 0 radical (unpaired) electrons. The fourth-order valence-corrected chi connectivity index (χ4v) is 3.47. The molecule has 28 heavy (non-hydrogen) atoms. The molecule has 0 bridgehead atoms. The van der Waals surface area contributed by atoms with Crippen molar-refractivity contribution < 1.29 is 18.7 Å². The number of halogens is 1. The zero-order valence-corrected chi connectivity index (χ0v) is 15.7. The maximum absolute atomic E-state index is 12.9. The number of nitrogens with one attached hydrogen (secondary N) is 1. The van der Waals surface area contributed by atoms with Crippen molar-refractivity contribution in [1.29, 1.82) is 0 Å². The lowest BCUT2D eigenvalue weighted by Crippen LogP contribution is -2.52. The molecule has 2 amide bonds. The first-order valence-corrected chi connectivity index (χ1v) is 9.61. The van der Waals surface area contributed by atoms with Crippen LogP contribution in [0.5, 0.6) is 11.5 Å². The highest BCUT2D eigenvalue weighted by Gasteiger charge is 2.22. The van der Waals surface area contributed by atoms with Crippen LogP contribution in [0.25, 0.3) is 0 Å². The molecule has 1 saturated heterocycles. The molecule has 2 heterocycles. The third-order valence-corrected chi connectivity index (χ3v) is 5.06. The highest BCUT2D eigenvalue weighted by atomic mass is 19.1. The van der Waals surface area contributed by atoms with Crippen LogP contribution in [0, 0.1) is 5.82 Å². The number of carbonyl (C=O) groups excluding carboxylic acids is 1. The molecule has 1 fully saturated rings. The molecule has 2 aromatic rings. The summed E-state index contributed by atoms with van der Waals surface area (Å²) in [5, 5.41) is 2.95. The van der Waals surface area contributed by atoms with Crippen molar-refractivity contribution in [3.05, 3.63) is 53.8 Å². The van der Waals surface area contributed by atoms with Gasteiger partial charge < -0.3 is 24.6 Å². The first-order chi connectivity index (χ1) is 13.7. The Hall–Kier alpha value is -2.96. The average molecular weight is 385 g/mol. The lowest BCUT2D eigenvalue weighted by atomic mass is 10.1. The van der Waals surface area contributed by atoms with Gasteiger partial charge in [0.25, 0.3) is 0 Å². The summed E-state index contributed by atoms with van der Waals surface area (Å²) in [5.74, 6) is 1.32. The Morgan fingerprint density at radius 3 is 2.43 bits per heavy atom. The number of urea groups is 1. The fraction of sp³-hybridized carbons (Fsp3) is 0.381. The smallest absolute Gasteiger partial charge is 0.317 e. The number of fused-ring (bicyclic) bond motifs is 1. The largest absolute Gasteiger partial charge is 0.486 e. The van der Waals surface area contributed by atoms with Crippen LogP contribution >= 0.6 is 0 Å². The lowest BCUT2D eigenvalue weighted by Gasteiger charge is -2.36. The average Bonchev–Trinajstić information content (AvgIpc) is 2.75. The van der Waals surface area contributed by atoms with E-state index in [-0.39, 0.29) is 11.8 Å². The van der Waals surface area contributed by atoms with Crippen molar-refractivity contribution in [2.75, 3.05) is 50.8 Å². The van der Waals surface area contributed by atoms with Gasteiger partial charge in [-0.3, -0.25) is 0 Å². The summed E-state index contributed by atoms with van der Waals surface area (Å²) >= 11 is 0. The summed E-state index contributed by atoms with van der Waals surface area (Å²) in [6, 6.07) is 12.3. The van der Waals surface area contributed by atoms with Crippen LogP contribution in [0.4, 0.5) is 14.9 Å². The van der Waals surface area contributed by atoms with Crippen molar-refractivity contribution >= 4 is 11.7 Å². The summed E-state index contributed by atoms with van der Waals surface area (Å²) in [7, 11) is 0. The van der Waals surface area contributed by atoms with Gasteiger partial charge >= 0.3 is 6.03 Å². The van der Waals surface area contributed by atoms with E-state index < -0.39 is 0 Å². The van der Waals surface area contributed by atoms with Crippen molar-refractivity contribution in [2.45, 2.75) is 6.42 Å². The number of rotatable bonds is 4. The Morgan fingerprint density at radius 2 is 1.68 bits per heavy atom. The van der Waals surface area contributed by atoms with E-state index in [0.29, 0.717) is 39.3 Å². The van der Waals surface area contributed by atoms with Gasteiger partial charge in [0.05, 0.1) is 0 Å². The van der Waals surface area contributed by atoms with E-state index in [1.54, 1.807) is 12.1 Å². The second-order valence-electron chi connectivity index (χ2n) is 6.91. The SMILES string of the molecule is O=C(NCCc1ccc(F)cc1)N1CCN(c2ccc3c(c2)OCCO3)CC1. The van der Waals surface area contributed by atoms with Gasteiger partial charge in [0, 0.05) is 44.5 Å². The Labute approximate surface area is 163 Å². The van der Waals surface area contributed by atoms with Crippen LogP contribution in [-0.4, -0.2) is 56.9 Å². The highest BCUT2D eigenvalue weighted by Crippen LogP contribution is 2.34. The van der Waals surface area contributed by atoms with Crippen LogP contribution in [-0.2, 0) is 6.42 Å². The summed E-state index contributed by atoms with van der Waals surface area (Å²) in [6.45, 7) is 4.56. The maximum atomic E-state index is 12.9. The first-order valence-electron chi connectivity index (χ1n) is 9.61. The van der Waals surface area contributed by atoms with Gasteiger partial charge in [0.15, 0.2) is 11.5 Å². The zero-order valence-electron chi connectivity index (χ0n) is 15.7. The Morgan fingerprint density at radius 1 is 0.964 bits per heavy atom. The van der Waals surface area contributed by atoms with Gasteiger partial charge in [-0.15, -0.1) is 0 Å². The van der Waals surface area contributed by atoms with E-state index >= 15 is 0 Å². The third-order valence-electron chi connectivity index (χ3n) is 5.06. The molecular formula is C21H24FN3O3. The van der Waals surface area contributed by atoms with Gasteiger partial charge in [-0.25, -0.2) is 9.18 Å². The Kier molecular flexibility index (Phi) is 5.50. The number of ether oxygens (including phenoxy) is 2. The van der Waals surface area contributed by atoms with Crippen LogP contribution < -0.4 is 19.7 Å². The molecule has 0 aromatic heterocycles. The monoisotopic (exact) mass is 385 g/mol. The second kappa shape index (κ2) is 8.37. The van der Waals surface area contributed by atoms with Crippen molar-refractivity contribution in [2.24, 2.45) is 0 Å². The molecule has 7 heteroatoms. The minimum Gasteiger partial charge on any atom is -0.486 e. The molecule has 0 spiro atoms. The quantitative estimate of drug-likeness (QED) is 0.879. The molecule has 2 aromatic carbocycles. The summed E-state index contributed by atoms with van der Waals surface area (Å²) in [6.07, 6.45) is 0.684. The van der Waals surface area contributed by atoms with E-state index in [2.05, 4.69) is 10.2 Å². The van der Waals surface area contributed by atoms with E-state index in [4.69, 9.17) is 9.47 Å². The van der Waals surface area contributed by atoms with E-state index in [1.165, 1.54) is 12.1 Å². The molecule has 0 aliphatic carbocycles. The van der Waals surface area contributed by atoms with E-state index in [1.807, 2.05) is 23.1 Å². The van der Waals surface area contributed by atoms with Crippen molar-refractivity contribution in [3.63, 3.8) is 0 Å². The molecule has 2 aliphatic heterocycles. The number of amides is 2. The second-order valence-corrected chi connectivity index (χ2v) is 6.91. The molecule has 2 aliphatic rings. The highest BCUT2D eigenvalue weighted by molar-refractivity contribution is 5.74. The minimum absolute atomic E-state index is 0.0519. The van der Waals surface area contributed by atoms with Gasteiger partial charge in [-0.1, -0.05) is 12.1 Å². The molecule has 6 nitrogen and oxygen atoms in total. The molecule has 4 rings (SSSR count). The lowest BCUT2D eigenvalue weighted by molar-refractivity contribution is 0.171.